The highest BCUT2D eigenvalue weighted by Gasteiger charge is 2.37. The molecule has 0 N–H and O–H groups in total. The van der Waals surface area contributed by atoms with Crippen molar-refractivity contribution in [1.29, 1.82) is 5.26 Å². The Labute approximate surface area is 190 Å². The van der Waals surface area contributed by atoms with Crippen molar-refractivity contribution in [2.24, 2.45) is 5.92 Å². The van der Waals surface area contributed by atoms with Gasteiger partial charge in [0.1, 0.15) is 0 Å². The highest BCUT2D eigenvalue weighted by Crippen LogP contribution is 2.45. The molecule has 0 spiro atoms. The third-order valence-electron chi connectivity index (χ3n) is 6.37. The van der Waals surface area contributed by atoms with E-state index < -0.39 is 5.41 Å². The van der Waals surface area contributed by atoms with Crippen LogP contribution in [0.25, 0.3) is 0 Å². The zero-order chi connectivity index (χ0) is 23.3. The highest BCUT2D eigenvalue weighted by molar-refractivity contribution is 5.56. The Morgan fingerprint density at radius 2 is 1.45 bits per heavy atom. The van der Waals surface area contributed by atoms with Crippen molar-refractivity contribution in [3.8, 4) is 23.3 Å². The van der Waals surface area contributed by atoms with Gasteiger partial charge in [-0.05, 0) is 63.0 Å². The fraction of sp³-hybridized carbons (Fsp3) is 0.731. The molecule has 0 aliphatic rings. The highest BCUT2D eigenvalue weighted by atomic mass is 16.5. The Morgan fingerprint density at radius 1 is 0.903 bits per heavy atom. The molecule has 176 valence electrons. The maximum atomic E-state index is 10.3. The molecule has 1 rings (SSSR count). The second-order valence-corrected chi connectivity index (χ2v) is 8.83. The zero-order valence-electron chi connectivity index (χ0n) is 20.9. The van der Waals surface area contributed by atoms with Crippen LogP contribution in [-0.2, 0) is 5.41 Å². The first-order valence-electron chi connectivity index (χ1n) is 11.8. The van der Waals surface area contributed by atoms with Crippen LogP contribution in [0.5, 0.6) is 17.2 Å². The lowest BCUT2D eigenvalue weighted by Gasteiger charge is -2.33. The first-order valence-corrected chi connectivity index (χ1v) is 11.8. The first kappa shape index (κ1) is 27.1. The van der Waals surface area contributed by atoms with Crippen LogP contribution < -0.4 is 14.2 Å². The minimum absolute atomic E-state index is 0.157. The molecular formula is C26H44N2O3. The number of unbranched alkanes of at least 4 members (excludes halogenated alkanes) is 5. The van der Waals surface area contributed by atoms with Crippen molar-refractivity contribution in [2.75, 3.05) is 41.5 Å². The molecule has 0 fully saturated rings. The number of benzene rings is 1. The van der Waals surface area contributed by atoms with Gasteiger partial charge in [0.25, 0.3) is 0 Å². The molecule has 0 saturated carbocycles. The summed E-state index contributed by atoms with van der Waals surface area (Å²) in [7, 11) is 7.01. The molecule has 0 aliphatic carbocycles. The topological polar surface area (TPSA) is 54.7 Å². The number of nitrogens with zero attached hydrogens (tertiary/aromatic N) is 2. The normalized spacial score (nSPS) is 13.2. The van der Waals surface area contributed by atoms with Crippen molar-refractivity contribution < 1.29 is 14.2 Å². The summed E-state index contributed by atoms with van der Waals surface area (Å²) in [6.45, 7) is 8.61. The van der Waals surface area contributed by atoms with E-state index in [0.717, 1.165) is 31.5 Å². The number of hydrogen-bond donors (Lipinski definition) is 0. The van der Waals surface area contributed by atoms with Crippen LogP contribution in [0.3, 0.4) is 0 Å². The molecule has 0 aromatic heterocycles. The van der Waals surface area contributed by atoms with Crippen LogP contribution in [0.15, 0.2) is 12.1 Å². The molecule has 1 atom stereocenters. The standard InChI is InChI=1S/C26H44N2O3/c1-8-9-10-11-12-13-16-28(4)17-14-15-26(20-27,21(2)3)22-18-23(29-5)25(31-7)24(19-22)30-6/h18-19,21H,8-17H2,1-7H3/t26-/m1/s1. The van der Waals surface area contributed by atoms with E-state index in [1.54, 1.807) is 21.3 Å². The van der Waals surface area contributed by atoms with Gasteiger partial charge in [0.05, 0.1) is 32.8 Å². The lowest BCUT2D eigenvalue weighted by atomic mass is 9.69. The van der Waals surface area contributed by atoms with Crippen LogP contribution >= 0.6 is 0 Å². The smallest absolute Gasteiger partial charge is 0.203 e. The number of hydrogen-bond acceptors (Lipinski definition) is 5. The Bertz CT molecular complexity index is 659. The molecule has 0 saturated heterocycles. The summed E-state index contributed by atoms with van der Waals surface area (Å²) in [5.74, 6) is 1.90. The summed E-state index contributed by atoms with van der Waals surface area (Å²) in [5, 5.41) is 10.3. The van der Waals surface area contributed by atoms with Crippen LogP contribution in [0, 0.1) is 17.2 Å². The maximum absolute atomic E-state index is 10.3. The lowest BCUT2D eigenvalue weighted by Crippen LogP contribution is -2.32. The second kappa shape index (κ2) is 14.2. The monoisotopic (exact) mass is 432 g/mol. The average molecular weight is 433 g/mol. The first-order chi connectivity index (χ1) is 14.9. The Kier molecular flexibility index (Phi) is 12.4. The van der Waals surface area contributed by atoms with Crippen molar-refractivity contribution >= 4 is 0 Å². The average Bonchev–Trinajstić information content (AvgIpc) is 2.77. The van der Waals surface area contributed by atoms with Gasteiger partial charge in [0.2, 0.25) is 5.75 Å². The van der Waals surface area contributed by atoms with Crippen molar-refractivity contribution in [2.45, 2.75) is 77.6 Å². The Hall–Kier alpha value is -1.93. The predicted octanol–water partition coefficient (Wildman–Crippen LogP) is 6.20. The van der Waals surface area contributed by atoms with Gasteiger partial charge in [-0.15, -0.1) is 0 Å². The largest absolute Gasteiger partial charge is 0.493 e. The van der Waals surface area contributed by atoms with Crippen molar-refractivity contribution in [3.05, 3.63) is 17.7 Å². The SMILES string of the molecule is CCCCCCCCN(C)CCC[C@](C#N)(c1cc(OC)c(OC)c(OC)c1)C(C)C. The summed E-state index contributed by atoms with van der Waals surface area (Å²) in [4.78, 5) is 2.40. The van der Waals surface area contributed by atoms with E-state index in [9.17, 15) is 5.26 Å². The van der Waals surface area contributed by atoms with E-state index >= 15 is 0 Å². The van der Waals surface area contributed by atoms with Gasteiger partial charge >= 0.3 is 0 Å². The van der Waals surface area contributed by atoms with Crippen LogP contribution in [0.1, 0.15) is 77.7 Å². The number of nitriles is 1. The van der Waals surface area contributed by atoms with E-state index in [0.29, 0.717) is 17.2 Å². The van der Waals surface area contributed by atoms with Crippen LogP contribution in [0.2, 0.25) is 0 Å². The third-order valence-corrected chi connectivity index (χ3v) is 6.37. The van der Waals surface area contributed by atoms with E-state index in [4.69, 9.17) is 14.2 Å². The molecule has 31 heavy (non-hydrogen) atoms. The lowest BCUT2D eigenvalue weighted by molar-refractivity contribution is 0.284. The molecule has 0 amide bonds. The Morgan fingerprint density at radius 3 is 1.94 bits per heavy atom. The van der Waals surface area contributed by atoms with E-state index in [1.165, 1.54) is 38.5 Å². The maximum Gasteiger partial charge on any atom is 0.203 e. The van der Waals surface area contributed by atoms with Gasteiger partial charge < -0.3 is 19.1 Å². The van der Waals surface area contributed by atoms with Crippen LogP contribution in [0.4, 0.5) is 0 Å². The molecule has 0 aliphatic heterocycles. The van der Waals surface area contributed by atoms with Gasteiger partial charge in [-0.25, -0.2) is 0 Å². The van der Waals surface area contributed by atoms with Crippen LogP contribution in [-0.4, -0.2) is 46.4 Å². The number of methoxy groups -OCH3 is 3. The summed E-state index contributed by atoms with van der Waals surface area (Å²) >= 11 is 0. The second-order valence-electron chi connectivity index (χ2n) is 8.83. The molecule has 1 aromatic rings. The fourth-order valence-electron chi connectivity index (χ4n) is 4.26. The quantitative estimate of drug-likeness (QED) is 0.291. The van der Waals surface area contributed by atoms with Gasteiger partial charge in [-0.1, -0.05) is 52.9 Å². The van der Waals surface area contributed by atoms with Gasteiger partial charge in [0.15, 0.2) is 11.5 Å². The van der Waals surface area contributed by atoms with Crippen molar-refractivity contribution in [3.63, 3.8) is 0 Å². The third kappa shape index (κ3) is 7.61. The molecule has 0 unspecified atom stereocenters. The van der Waals surface area contributed by atoms with Crippen molar-refractivity contribution in [1.82, 2.24) is 4.90 Å². The molecular weight excluding hydrogens is 388 g/mol. The Balaban J connectivity index is 2.84. The predicted molar refractivity (Wildman–Crippen MR) is 128 cm³/mol. The zero-order valence-corrected chi connectivity index (χ0v) is 20.9. The van der Waals surface area contributed by atoms with Gasteiger partial charge in [-0.2, -0.15) is 5.26 Å². The van der Waals surface area contributed by atoms with E-state index in [-0.39, 0.29) is 5.92 Å². The van der Waals surface area contributed by atoms with E-state index in [1.807, 2.05) is 12.1 Å². The summed E-state index contributed by atoms with van der Waals surface area (Å²) in [6, 6.07) is 6.52. The molecule has 1 aromatic carbocycles. The molecule has 5 nitrogen and oxygen atoms in total. The summed E-state index contributed by atoms with van der Waals surface area (Å²) < 4.78 is 16.5. The molecule has 0 bridgehead atoms. The minimum atomic E-state index is -0.603. The molecule has 0 radical (unpaired) electrons. The fourth-order valence-corrected chi connectivity index (χ4v) is 4.26. The molecule has 5 heteroatoms. The summed E-state index contributed by atoms with van der Waals surface area (Å²) in [5.41, 5.74) is 0.325. The molecule has 0 heterocycles. The van der Waals surface area contributed by atoms with E-state index in [2.05, 4.69) is 38.8 Å². The van der Waals surface area contributed by atoms with Gasteiger partial charge in [0, 0.05) is 0 Å². The number of rotatable bonds is 16. The van der Waals surface area contributed by atoms with Gasteiger partial charge in [-0.3, -0.25) is 0 Å². The summed E-state index contributed by atoms with van der Waals surface area (Å²) in [6.07, 6.45) is 9.66. The minimum Gasteiger partial charge on any atom is -0.493 e. The number of ether oxygens (including phenoxy) is 3.